The lowest BCUT2D eigenvalue weighted by molar-refractivity contribution is -0.142. The number of H-pyrrole nitrogens is 2. The van der Waals surface area contributed by atoms with Gasteiger partial charge < -0.3 is 74.4 Å². The van der Waals surface area contributed by atoms with Crippen LogP contribution in [0.3, 0.4) is 0 Å². The van der Waals surface area contributed by atoms with Gasteiger partial charge in [-0.1, -0.05) is 32.4 Å². The van der Waals surface area contributed by atoms with Crippen molar-refractivity contribution in [3.8, 4) is 18.1 Å². The molecule has 9 atom stereocenters. The Morgan fingerprint density at radius 1 is 0.817 bits per heavy atom. The van der Waals surface area contributed by atoms with Gasteiger partial charge in [-0.05, 0) is 56.2 Å². The van der Waals surface area contributed by atoms with Gasteiger partial charge in [0.1, 0.15) is 48.0 Å². The molecule has 0 bridgehead atoms. The van der Waals surface area contributed by atoms with Gasteiger partial charge in [0.15, 0.2) is 5.96 Å². The second-order valence-corrected chi connectivity index (χ2v) is 17.3. The van der Waals surface area contributed by atoms with Crippen LogP contribution in [0.2, 0.25) is 0 Å². The highest BCUT2D eigenvalue weighted by Gasteiger charge is 2.41. The summed E-state index contributed by atoms with van der Waals surface area (Å²) in [6.07, 6.45) is 12.1. The Morgan fingerprint density at radius 2 is 1.44 bits per heavy atom. The number of terminal acetylenes is 1. The lowest BCUT2D eigenvalue weighted by Crippen LogP contribution is -2.61. The van der Waals surface area contributed by atoms with Crippen molar-refractivity contribution in [3.05, 3.63) is 66.3 Å². The second-order valence-electron chi connectivity index (χ2n) is 17.3. The summed E-state index contributed by atoms with van der Waals surface area (Å²) in [4.78, 5) is 125. The van der Waals surface area contributed by atoms with E-state index in [1.54, 1.807) is 25.3 Å². The second kappa shape index (κ2) is 27.2. The number of hydrogen-bond acceptors (Lipinski definition) is 13. The molecule has 384 valence electrons. The molecule has 1 aromatic carbocycles. The molecule has 1 aliphatic rings. The number of phenolic OH excluding ortho intramolecular Hbond substituents is 1. The number of nitrogens with two attached hydrogens (primary N) is 3. The van der Waals surface area contributed by atoms with E-state index < -0.39 is 102 Å². The molecule has 0 radical (unpaired) electrons. The topological polar surface area (TPSA) is 404 Å². The summed E-state index contributed by atoms with van der Waals surface area (Å²) >= 11 is 0. The maximum atomic E-state index is 14.7. The Balaban J connectivity index is 1.56. The van der Waals surface area contributed by atoms with Crippen molar-refractivity contribution in [3.63, 3.8) is 0 Å². The number of rotatable bonds is 27. The van der Waals surface area contributed by atoms with E-state index >= 15 is 0 Å². The average molecular weight is 987 g/mol. The number of phenols is 1. The summed E-state index contributed by atoms with van der Waals surface area (Å²) in [5.74, 6) is -4.46. The summed E-state index contributed by atoms with van der Waals surface area (Å²) in [5.41, 5.74) is 18.4. The number of guanidine groups is 1. The van der Waals surface area contributed by atoms with Gasteiger partial charge in [0.25, 0.3) is 0 Å². The maximum absolute atomic E-state index is 14.7. The maximum Gasteiger partial charge on any atom is 0.246 e. The van der Waals surface area contributed by atoms with Gasteiger partial charge in [-0.25, -0.2) is 9.97 Å². The Bertz CT molecular complexity index is 2340. The van der Waals surface area contributed by atoms with Crippen LogP contribution in [0.15, 0.2) is 49.3 Å². The monoisotopic (exact) mass is 987 g/mol. The number of aromatic nitrogens is 4. The first kappa shape index (κ1) is 55.6. The number of carbonyl (C=O) groups is 8. The quantitative estimate of drug-likeness (QED) is 0.0156. The molecule has 8 amide bonds. The first-order valence-corrected chi connectivity index (χ1v) is 23.2. The molecule has 4 rings (SSSR count). The van der Waals surface area contributed by atoms with E-state index in [1.807, 2.05) is 6.92 Å². The molecule has 0 unspecified atom stereocenters. The fourth-order valence-corrected chi connectivity index (χ4v) is 7.69. The van der Waals surface area contributed by atoms with Gasteiger partial charge >= 0.3 is 0 Å². The van der Waals surface area contributed by atoms with Gasteiger partial charge in [0, 0.05) is 51.2 Å². The van der Waals surface area contributed by atoms with Crippen LogP contribution in [0.25, 0.3) is 0 Å². The van der Waals surface area contributed by atoms with E-state index in [9.17, 15) is 43.5 Å². The smallest absolute Gasteiger partial charge is 0.246 e. The molecule has 1 aliphatic heterocycles. The SMILES string of the molecule is C#CC[C@H](NC(=O)[C@H](Cc1c[nH]cn1)NC(=O)[C@H](CCCNC(=N)N)NC(=O)[C@@H]1CCCN1C(=O)[C@H](Cc1ccc(O)cc1)NC(=O)[C@@H](NC(=O)[C@H](C)NC(=O)[C@@H](N)Cc1c[nH]cn1)[C@@H](C)CC)C(N)=O. The lowest BCUT2D eigenvalue weighted by Gasteiger charge is -2.32. The third-order valence-electron chi connectivity index (χ3n) is 11.9. The third-order valence-corrected chi connectivity index (χ3v) is 11.9. The van der Waals surface area contributed by atoms with Crippen LogP contribution in [0.5, 0.6) is 5.75 Å². The Morgan fingerprint density at radius 3 is 2.03 bits per heavy atom. The normalized spacial score (nSPS) is 16.5. The van der Waals surface area contributed by atoms with Gasteiger partial charge in [0.05, 0.1) is 30.1 Å². The van der Waals surface area contributed by atoms with Crippen LogP contribution in [0.4, 0.5) is 0 Å². The zero-order chi connectivity index (χ0) is 52.2. The molecule has 3 heterocycles. The molecule has 71 heavy (non-hydrogen) atoms. The molecule has 0 saturated carbocycles. The summed E-state index contributed by atoms with van der Waals surface area (Å²) in [7, 11) is 0. The third kappa shape index (κ3) is 17.2. The van der Waals surface area contributed by atoms with Crippen molar-refractivity contribution < 1.29 is 43.5 Å². The number of aromatic amines is 2. The highest BCUT2D eigenvalue weighted by molar-refractivity contribution is 5.98. The van der Waals surface area contributed by atoms with Crippen LogP contribution in [0.1, 0.15) is 76.2 Å². The number of imidazole rings is 2. The molecule has 17 N–H and O–H groups in total. The molecular weight excluding hydrogens is 921 g/mol. The molecule has 3 aromatic rings. The van der Waals surface area contributed by atoms with Crippen LogP contribution >= 0.6 is 0 Å². The van der Waals surface area contributed by atoms with E-state index in [1.165, 1.54) is 42.8 Å². The van der Waals surface area contributed by atoms with E-state index in [0.717, 1.165) is 0 Å². The summed E-state index contributed by atoms with van der Waals surface area (Å²) in [5, 5.41) is 36.1. The first-order valence-electron chi connectivity index (χ1n) is 23.2. The predicted octanol–water partition coefficient (Wildman–Crippen LogP) is -3.07. The van der Waals surface area contributed by atoms with Crippen molar-refractivity contribution in [1.29, 1.82) is 5.41 Å². The average Bonchev–Trinajstić information content (AvgIpc) is 4.16. The van der Waals surface area contributed by atoms with Crippen LogP contribution in [0, 0.1) is 23.7 Å². The molecule has 0 aliphatic carbocycles. The number of amides is 8. The lowest BCUT2D eigenvalue weighted by atomic mass is 9.96. The van der Waals surface area contributed by atoms with Crippen LogP contribution in [-0.2, 0) is 57.6 Å². The fraction of sp³-hybridized carbons (Fsp3) is 0.500. The number of aromatic hydroxyl groups is 1. The highest BCUT2D eigenvalue weighted by Crippen LogP contribution is 2.22. The van der Waals surface area contributed by atoms with Crippen LogP contribution in [-0.4, -0.2) is 145 Å². The number of likely N-dealkylation sites (tertiary alicyclic amines) is 1. The van der Waals surface area contributed by atoms with E-state index in [-0.39, 0.29) is 69.7 Å². The van der Waals surface area contributed by atoms with Crippen LogP contribution < -0.4 is 54.4 Å². The minimum Gasteiger partial charge on any atom is -0.508 e. The predicted molar refractivity (Wildman–Crippen MR) is 258 cm³/mol. The van der Waals surface area contributed by atoms with Gasteiger partial charge in [0.2, 0.25) is 47.3 Å². The standard InChI is InChI=1S/C46H66N16O9/c1-5-9-32(38(48)64)57-42(68)34(20-29-22-52-24-55-29)59-41(67)33(10-7-16-53-46(49)50)58-43(69)36-11-8-17-62(36)45(71)35(18-27-12-14-30(63)15-13-27)60-44(70)37(25(3)6-2)61-39(65)26(4)56-40(66)31(47)19-28-21-51-23-54-28/h1,12-15,21-26,31-37,63H,6-11,16-20,47H2,2-4H3,(H2,48,64)(H,51,54)(H,52,55)(H,56,66)(H,57,68)(H,58,69)(H,59,67)(H,60,70)(H,61,65)(H4,49,50,53)/t25-,26-,31-,32-,33-,34-,35-,36-,37-/m0/s1. The van der Waals surface area contributed by atoms with Crippen molar-refractivity contribution in [1.82, 2.24) is 62.1 Å². The summed E-state index contributed by atoms with van der Waals surface area (Å²) < 4.78 is 0. The van der Waals surface area contributed by atoms with Crippen molar-refractivity contribution >= 4 is 53.2 Å². The molecule has 25 heteroatoms. The Labute approximate surface area is 410 Å². The number of hydrogen-bond donors (Lipinski definition) is 14. The molecule has 0 spiro atoms. The highest BCUT2D eigenvalue weighted by atomic mass is 16.3. The number of nitrogens with zero attached hydrogens (tertiary/aromatic N) is 3. The van der Waals surface area contributed by atoms with Gasteiger partial charge in [-0.15, -0.1) is 12.3 Å². The largest absolute Gasteiger partial charge is 0.508 e. The zero-order valence-corrected chi connectivity index (χ0v) is 40.0. The minimum atomic E-state index is -1.34. The van der Waals surface area contributed by atoms with Gasteiger partial charge in [-0.2, -0.15) is 0 Å². The summed E-state index contributed by atoms with van der Waals surface area (Å²) in [6, 6.07) is -3.70. The van der Waals surface area contributed by atoms with E-state index in [0.29, 0.717) is 29.8 Å². The molecule has 1 saturated heterocycles. The zero-order valence-electron chi connectivity index (χ0n) is 40.0. The van der Waals surface area contributed by atoms with E-state index in [4.69, 9.17) is 29.0 Å². The first-order chi connectivity index (χ1) is 33.8. The fourth-order valence-electron chi connectivity index (χ4n) is 7.69. The molecule has 1 fully saturated rings. The molecule has 25 nitrogen and oxygen atoms in total. The minimum absolute atomic E-state index is 0.0291. The Kier molecular flexibility index (Phi) is 21.3. The van der Waals surface area contributed by atoms with Crippen molar-refractivity contribution in [2.75, 3.05) is 13.1 Å². The number of carbonyl (C=O) groups excluding carboxylic acids is 8. The van der Waals surface area contributed by atoms with Crippen molar-refractivity contribution in [2.24, 2.45) is 23.1 Å². The van der Waals surface area contributed by atoms with Gasteiger partial charge in [-0.3, -0.25) is 43.8 Å². The number of benzene rings is 1. The summed E-state index contributed by atoms with van der Waals surface area (Å²) in [6.45, 7) is 5.21. The molecular formula is C46H66N16O9. The number of primary amides is 1. The number of nitrogens with one attached hydrogen (secondary N) is 10. The molecule has 2 aromatic heterocycles. The van der Waals surface area contributed by atoms with Crippen molar-refractivity contribution in [2.45, 2.75) is 127 Å². The Hall–Kier alpha value is -8.01. The van der Waals surface area contributed by atoms with E-state index in [2.05, 4.69) is 63.1 Å².